The number of hydrogen-bond donors (Lipinski definition) is 2. The van der Waals surface area contributed by atoms with Gasteiger partial charge in [0.15, 0.2) is 0 Å². The molecule has 1 heterocycles. The summed E-state index contributed by atoms with van der Waals surface area (Å²) in [4.78, 5) is 22.4. The van der Waals surface area contributed by atoms with Crippen LogP contribution in [0.4, 0.5) is 4.39 Å². The van der Waals surface area contributed by atoms with Crippen molar-refractivity contribution in [2.75, 3.05) is 6.54 Å². The third-order valence-corrected chi connectivity index (χ3v) is 2.33. The lowest BCUT2D eigenvalue weighted by atomic mass is 10.2. The summed E-state index contributed by atoms with van der Waals surface area (Å²) in [6, 6.07) is 6.05. The number of nitrogens with one attached hydrogen (secondary N) is 2. The predicted octanol–water partition coefficient (Wildman–Crippen LogP) is 0.969. The van der Waals surface area contributed by atoms with Crippen molar-refractivity contribution in [3.8, 4) is 0 Å². The summed E-state index contributed by atoms with van der Waals surface area (Å²) in [6.45, 7) is -0.0101. The van der Waals surface area contributed by atoms with E-state index in [1.54, 1.807) is 24.3 Å². The van der Waals surface area contributed by atoms with Gasteiger partial charge in [-0.15, -0.1) is 0 Å². The van der Waals surface area contributed by atoms with Gasteiger partial charge < -0.3 is 10.6 Å². The summed E-state index contributed by atoms with van der Waals surface area (Å²) < 4.78 is 12.9. The minimum Gasteiger partial charge on any atom is -0.342 e. The van der Waals surface area contributed by atoms with Gasteiger partial charge in [-0.05, 0) is 23.8 Å². The summed E-state index contributed by atoms with van der Waals surface area (Å²) in [6.07, 6.45) is 4.69. The molecule has 0 bridgehead atoms. The first-order valence-corrected chi connectivity index (χ1v) is 5.37. The molecule has 2 rings (SSSR count). The highest BCUT2D eigenvalue weighted by molar-refractivity contribution is 6.03. The van der Waals surface area contributed by atoms with Gasteiger partial charge in [0.25, 0.3) is 5.91 Å². The SMILES string of the molecule is O=C1CNC(=O)C(=C/C=C/c2cccc(F)c2)N1. The molecule has 2 N–H and O–H groups in total. The minimum atomic E-state index is -0.335. The molecular weight excluding hydrogens is 235 g/mol. The molecule has 0 atom stereocenters. The molecule has 1 aliphatic heterocycles. The Morgan fingerprint density at radius 2 is 2.11 bits per heavy atom. The molecule has 1 aromatic carbocycles. The zero-order valence-corrected chi connectivity index (χ0v) is 9.44. The van der Waals surface area contributed by atoms with Gasteiger partial charge in [0.1, 0.15) is 11.5 Å². The van der Waals surface area contributed by atoms with E-state index in [2.05, 4.69) is 10.6 Å². The second kappa shape index (κ2) is 5.27. The molecule has 4 nitrogen and oxygen atoms in total. The number of halogens is 1. The van der Waals surface area contributed by atoms with Crippen molar-refractivity contribution in [2.45, 2.75) is 0 Å². The largest absolute Gasteiger partial charge is 0.342 e. The first kappa shape index (κ1) is 12.0. The van der Waals surface area contributed by atoms with Gasteiger partial charge in [-0.3, -0.25) is 9.59 Å². The fourth-order valence-electron chi connectivity index (χ4n) is 1.49. The fraction of sp³-hybridized carbons (Fsp3) is 0.0769. The molecule has 1 aromatic rings. The van der Waals surface area contributed by atoms with E-state index in [0.29, 0.717) is 5.56 Å². The van der Waals surface area contributed by atoms with Gasteiger partial charge in [-0.2, -0.15) is 0 Å². The van der Waals surface area contributed by atoms with E-state index in [1.807, 2.05) is 0 Å². The molecular formula is C13H11FN2O2. The van der Waals surface area contributed by atoms with E-state index in [4.69, 9.17) is 0 Å². The van der Waals surface area contributed by atoms with Crippen LogP contribution in [-0.4, -0.2) is 18.4 Å². The molecule has 0 radical (unpaired) electrons. The number of carbonyl (C=O) groups is 2. The Morgan fingerprint density at radius 1 is 1.28 bits per heavy atom. The molecule has 1 aliphatic rings. The average molecular weight is 246 g/mol. The fourth-order valence-corrected chi connectivity index (χ4v) is 1.49. The number of carbonyl (C=O) groups excluding carboxylic acids is 2. The van der Waals surface area contributed by atoms with Gasteiger partial charge in [0, 0.05) is 0 Å². The Hall–Kier alpha value is -2.43. The number of amides is 2. The van der Waals surface area contributed by atoms with Crippen LogP contribution in [0.1, 0.15) is 5.56 Å². The van der Waals surface area contributed by atoms with Crippen LogP contribution in [0.3, 0.4) is 0 Å². The zero-order valence-electron chi connectivity index (χ0n) is 9.44. The molecule has 0 aliphatic carbocycles. The highest BCUT2D eigenvalue weighted by Gasteiger charge is 2.18. The topological polar surface area (TPSA) is 58.2 Å². The molecule has 0 spiro atoms. The first-order valence-electron chi connectivity index (χ1n) is 5.37. The highest BCUT2D eigenvalue weighted by Crippen LogP contribution is 2.06. The standard InChI is InChI=1S/C13H11FN2O2/c14-10-5-1-3-9(7-10)4-2-6-11-13(18)15-8-12(17)16-11/h1-7H,8H2,(H,15,18)(H,16,17)/b4-2+,11-6?. The van der Waals surface area contributed by atoms with Gasteiger partial charge >= 0.3 is 0 Å². The Morgan fingerprint density at radius 3 is 2.89 bits per heavy atom. The average Bonchev–Trinajstić information content (AvgIpc) is 2.34. The minimum absolute atomic E-state index is 0.0101. The quantitative estimate of drug-likeness (QED) is 0.764. The van der Waals surface area contributed by atoms with Crippen molar-refractivity contribution in [3.63, 3.8) is 0 Å². The summed E-state index contributed by atoms with van der Waals surface area (Å²) in [5.41, 5.74) is 0.855. The summed E-state index contributed by atoms with van der Waals surface area (Å²) >= 11 is 0. The second-order valence-corrected chi connectivity index (χ2v) is 3.73. The van der Waals surface area contributed by atoms with E-state index in [-0.39, 0.29) is 29.9 Å². The smallest absolute Gasteiger partial charge is 0.268 e. The van der Waals surface area contributed by atoms with Gasteiger partial charge in [-0.1, -0.05) is 24.3 Å². The highest BCUT2D eigenvalue weighted by atomic mass is 19.1. The van der Waals surface area contributed by atoms with Crippen LogP contribution in [-0.2, 0) is 9.59 Å². The van der Waals surface area contributed by atoms with Crippen LogP contribution in [0.15, 0.2) is 42.1 Å². The van der Waals surface area contributed by atoms with Crippen LogP contribution < -0.4 is 10.6 Å². The Labute approximate surface area is 103 Å². The lowest BCUT2D eigenvalue weighted by Crippen LogP contribution is -2.46. The van der Waals surface area contributed by atoms with Crippen molar-refractivity contribution >= 4 is 17.9 Å². The summed E-state index contributed by atoms with van der Waals surface area (Å²) in [5, 5.41) is 4.88. The molecule has 2 amide bonds. The molecule has 0 aromatic heterocycles. The number of rotatable bonds is 2. The molecule has 18 heavy (non-hydrogen) atoms. The molecule has 1 fully saturated rings. The monoisotopic (exact) mass is 246 g/mol. The predicted molar refractivity (Wildman–Crippen MR) is 64.7 cm³/mol. The molecule has 0 unspecified atom stereocenters. The maximum Gasteiger partial charge on any atom is 0.268 e. The first-order chi connectivity index (χ1) is 8.65. The Balaban J connectivity index is 2.09. The third kappa shape index (κ3) is 3.04. The number of benzene rings is 1. The summed E-state index contributed by atoms with van der Waals surface area (Å²) in [5.74, 6) is -0.924. The van der Waals surface area contributed by atoms with E-state index in [0.717, 1.165) is 0 Å². The van der Waals surface area contributed by atoms with Crippen molar-refractivity contribution < 1.29 is 14.0 Å². The van der Waals surface area contributed by atoms with Crippen molar-refractivity contribution in [1.82, 2.24) is 10.6 Å². The lowest BCUT2D eigenvalue weighted by Gasteiger charge is -2.15. The molecule has 5 heteroatoms. The molecule has 1 saturated heterocycles. The van der Waals surface area contributed by atoms with E-state index >= 15 is 0 Å². The van der Waals surface area contributed by atoms with E-state index in [1.165, 1.54) is 18.2 Å². The maximum absolute atomic E-state index is 12.9. The Kier molecular flexibility index (Phi) is 3.52. The zero-order chi connectivity index (χ0) is 13.0. The van der Waals surface area contributed by atoms with Crippen LogP contribution in [0.25, 0.3) is 6.08 Å². The third-order valence-electron chi connectivity index (χ3n) is 2.33. The van der Waals surface area contributed by atoms with E-state index in [9.17, 15) is 14.0 Å². The lowest BCUT2D eigenvalue weighted by molar-refractivity contribution is -0.127. The van der Waals surface area contributed by atoms with Gasteiger partial charge in [-0.25, -0.2) is 4.39 Å². The van der Waals surface area contributed by atoms with Crippen LogP contribution in [0.2, 0.25) is 0 Å². The number of allylic oxidation sites excluding steroid dienone is 2. The van der Waals surface area contributed by atoms with Gasteiger partial charge in [0.2, 0.25) is 5.91 Å². The van der Waals surface area contributed by atoms with Crippen LogP contribution in [0.5, 0.6) is 0 Å². The van der Waals surface area contributed by atoms with Crippen LogP contribution >= 0.6 is 0 Å². The number of hydrogen-bond acceptors (Lipinski definition) is 2. The van der Waals surface area contributed by atoms with Gasteiger partial charge in [0.05, 0.1) is 6.54 Å². The maximum atomic E-state index is 12.9. The van der Waals surface area contributed by atoms with Crippen molar-refractivity contribution in [1.29, 1.82) is 0 Å². The van der Waals surface area contributed by atoms with Crippen LogP contribution in [0, 0.1) is 5.82 Å². The molecule has 92 valence electrons. The van der Waals surface area contributed by atoms with Crippen molar-refractivity contribution in [2.24, 2.45) is 0 Å². The molecule has 0 saturated carbocycles. The normalized spacial score (nSPS) is 17.9. The Bertz CT molecular complexity index is 550. The summed E-state index contributed by atoms with van der Waals surface area (Å²) in [7, 11) is 0. The number of piperazine rings is 1. The van der Waals surface area contributed by atoms with E-state index < -0.39 is 0 Å². The van der Waals surface area contributed by atoms with Crippen molar-refractivity contribution in [3.05, 3.63) is 53.5 Å². The second-order valence-electron chi connectivity index (χ2n) is 3.73.